The molecule has 0 spiro atoms. The molecule has 1 N–H and O–H groups in total. The van der Waals surface area contributed by atoms with Crippen LogP contribution in [0.5, 0.6) is 0 Å². The number of nitrogens with one attached hydrogen (secondary N) is 1. The Balaban J connectivity index is 2.16. The highest BCUT2D eigenvalue weighted by Crippen LogP contribution is 2.18. The van der Waals surface area contributed by atoms with Crippen molar-refractivity contribution >= 4 is 22.6 Å². The molecule has 0 fully saturated rings. The molecule has 2 aromatic heterocycles. The first kappa shape index (κ1) is 13.5. The summed E-state index contributed by atoms with van der Waals surface area (Å²) in [6.07, 6.45) is 3.38. The van der Waals surface area contributed by atoms with Crippen molar-refractivity contribution < 1.29 is 9.53 Å². The van der Waals surface area contributed by atoms with Crippen LogP contribution in [0.2, 0.25) is 0 Å². The third kappa shape index (κ3) is 3.08. The van der Waals surface area contributed by atoms with E-state index in [1.807, 2.05) is 31.5 Å². The lowest BCUT2D eigenvalue weighted by Crippen LogP contribution is -2.18. The number of pyridine rings is 1. The number of amides is 1. The van der Waals surface area contributed by atoms with E-state index in [9.17, 15) is 4.79 Å². The topological polar surface area (TPSA) is 69.0 Å². The van der Waals surface area contributed by atoms with Crippen LogP contribution < -0.4 is 5.32 Å². The average Bonchev–Trinajstić information content (AvgIpc) is 2.79. The molecule has 0 aliphatic heterocycles. The molecular formula is C13H18N4O2. The Morgan fingerprint density at radius 2 is 2.26 bits per heavy atom. The number of fused-ring (bicyclic) bond motifs is 1. The molecule has 0 atom stereocenters. The van der Waals surface area contributed by atoms with Gasteiger partial charge in [-0.1, -0.05) is 0 Å². The molecular weight excluding hydrogens is 244 g/mol. The largest absolute Gasteiger partial charge is 0.372 e. The summed E-state index contributed by atoms with van der Waals surface area (Å²) in [5, 5.41) is 7.93. The van der Waals surface area contributed by atoms with Crippen molar-refractivity contribution in [2.24, 2.45) is 0 Å². The van der Waals surface area contributed by atoms with Gasteiger partial charge < -0.3 is 10.1 Å². The van der Waals surface area contributed by atoms with E-state index in [4.69, 9.17) is 4.74 Å². The zero-order valence-electron chi connectivity index (χ0n) is 11.4. The van der Waals surface area contributed by atoms with Crippen LogP contribution in [0, 0.1) is 0 Å². The van der Waals surface area contributed by atoms with Gasteiger partial charge >= 0.3 is 0 Å². The van der Waals surface area contributed by atoms with Crippen LogP contribution in [0.25, 0.3) is 11.0 Å². The third-order valence-corrected chi connectivity index (χ3v) is 2.64. The second-order valence-corrected chi connectivity index (χ2v) is 4.51. The van der Waals surface area contributed by atoms with E-state index in [1.54, 1.807) is 12.4 Å². The highest BCUT2D eigenvalue weighted by molar-refractivity contribution is 5.93. The van der Waals surface area contributed by atoms with Crippen LogP contribution >= 0.6 is 0 Å². The molecule has 0 aliphatic carbocycles. The van der Waals surface area contributed by atoms with Crippen molar-refractivity contribution in [2.75, 3.05) is 18.5 Å². The molecule has 19 heavy (non-hydrogen) atoms. The first-order chi connectivity index (χ1) is 9.11. The first-order valence-corrected chi connectivity index (χ1v) is 6.32. The first-order valence-electron chi connectivity index (χ1n) is 6.32. The van der Waals surface area contributed by atoms with E-state index in [2.05, 4.69) is 15.4 Å². The fourth-order valence-electron chi connectivity index (χ4n) is 1.78. The van der Waals surface area contributed by atoms with Crippen LogP contribution in [0.15, 0.2) is 18.5 Å². The smallest absolute Gasteiger partial charge is 0.250 e. The summed E-state index contributed by atoms with van der Waals surface area (Å²) in [4.78, 5) is 15.9. The summed E-state index contributed by atoms with van der Waals surface area (Å²) in [6, 6.07) is 2.11. The molecule has 0 saturated heterocycles. The Labute approximate surface area is 111 Å². The fraction of sp³-hybridized carbons (Fsp3) is 0.462. The molecule has 0 saturated carbocycles. The van der Waals surface area contributed by atoms with Gasteiger partial charge in [-0.3, -0.25) is 4.79 Å². The number of rotatable bonds is 5. The predicted molar refractivity (Wildman–Crippen MR) is 73.0 cm³/mol. The fourth-order valence-corrected chi connectivity index (χ4v) is 1.78. The summed E-state index contributed by atoms with van der Waals surface area (Å²) in [6.45, 7) is 6.52. The van der Waals surface area contributed by atoms with Crippen molar-refractivity contribution in [3.63, 3.8) is 0 Å². The van der Waals surface area contributed by atoms with Gasteiger partial charge in [-0.25, -0.2) is 9.67 Å². The molecule has 0 aliphatic rings. The standard InChI is InChI=1S/C13H18N4O2/c1-4-19-8-12(18)16-11-5-10-6-15-17(9(2)3)13(10)14-7-11/h5-7,9H,4,8H2,1-3H3,(H,16,18). The maximum Gasteiger partial charge on any atom is 0.250 e. The molecule has 6 heteroatoms. The summed E-state index contributed by atoms with van der Waals surface area (Å²) in [5.41, 5.74) is 1.47. The lowest BCUT2D eigenvalue weighted by atomic mass is 10.3. The van der Waals surface area contributed by atoms with Crippen LogP contribution in [-0.2, 0) is 9.53 Å². The zero-order chi connectivity index (χ0) is 13.8. The van der Waals surface area contributed by atoms with E-state index >= 15 is 0 Å². The summed E-state index contributed by atoms with van der Waals surface area (Å²) < 4.78 is 6.89. The summed E-state index contributed by atoms with van der Waals surface area (Å²) >= 11 is 0. The SMILES string of the molecule is CCOCC(=O)Nc1cnc2c(cnn2C(C)C)c1. The number of hydrogen-bond acceptors (Lipinski definition) is 4. The maximum atomic E-state index is 11.5. The van der Waals surface area contributed by atoms with Crippen molar-refractivity contribution in [1.29, 1.82) is 0 Å². The number of nitrogens with zero attached hydrogens (tertiary/aromatic N) is 3. The van der Waals surface area contributed by atoms with E-state index in [0.717, 1.165) is 11.0 Å². The van der Waals surface area contributed by atoms with E-state index < -0.39 is 0 Å². The minimum Gasteiger partial charge on any atom is -0.372 e. The lowest BCUT2D eigenvalue weighted by Gasteiger charge is -2.07. The molecule has 6 nitrogen and oxygen atoms in total. The number of ether oxygens (including phenoxy) is 1. The molecule has 0 radical (unpaired) electrons. The van der Waals surface area contributed by atoms with Crippen LogP contribution in [0.1, 0.15) is 26.8 Å². The van der Waals surface area contributed by atoms with Crippen molar-refractivity contribution in [3.8, 4) is 0 Å². The summed E-state index contributed by atoms with van der Waals surface area (Å²) in [5.74, 6) is -0.181. The molecule has 0 unspecified atom stereocenters. The van der Waals surface area contributed by atoms with E-state index in [1.165, 1.54) is 0 Å². The number of carbonyl (C=O) groups excluding carboxylic acids is 1. The molecule has 0 aromatic carbocycles. The zero-order valence-corrected chi connectivity index (χ0v) is 11.4. The third-order valence-electron chi connectivity index (χ3n) is 2.64. The molecule has 1 amide bonds. The van der Waals surface area contributed by atoms with Gasteiger partial charge in [-0.2, -0.15) is 5.10 Å². The predicted octanol–water partition coefficient (Wildman–Crippen LogP) is 1.99. The minimum absolute atomic E-state index is 0.0554. The van der Waals surface area contributed by atoms with Gasteiger partial charge in [0.2, 0.25) is 5.91 Å². The van der Waals surface area contributed by atoms with Crippen LogP contribution in [0.4, 0.5) is 5.69 Å². The maximum absolute atomic E-state index is 11.5. The quantitative estimate of drug-likeness (QED) is 0.894. The van der Waals surface area contributed by atoms with Crippen molar-refractivity contribution in [2.45, 2.75) is 26.8 Å². The molecule has 2 heterocycles. The monoisotopic (exact) mass is 262 g/mol. The minimum atomic E-state index is -0.181. The molecule has 102 valence electrons. The Bertz CT molecular complexity index is 577. The van der Waals surface area contributed by atoms with Gasteiger partial charge in [0, 0.05) is 18.0 Å². The van der Waals surface area contributed by atoms with Gasteiger partial charge in [0.25, 0.3) is 0 Å². The van der Waals surface area contributed by atoms with Crippen LogP contribution in [0.3, 0.4) is 0 Å². The van der Waals surface area contributed by atoms with E-state index in [-0.39, 0.29) is 18.6 Å². The summed E-state index contributed by atoms with van der Waals surface area (Å²) in [7, 11) is 0. The van der Waals surface area contributed by atoms with Crippen LogP contribution in [-0.4, -0.2) is 33.9 Å². The Kier molecular flexibility index (Phi) is 4.11. The number of anilines is 1. The van der Waals surface area contributed by atoms with E-state index in [0.29, 0.717) is 12.3 Å². The Morgan fingerprint density at radius 3 is 2.95 bits per heavy atom. The highest BCUT2D eigenvalue weighted by Gasteiger charge is 2.09. The molecule has 2 rings (SSSR count). The van der Waals surface area contributed by atoms with Gasteiger partial charge in [-0.15, -0.1) is 0 Å². The average molecular weight is 262 g/mol. The number of hydrogen-bond donors (Lipinski definition) is 1. The Hall–Kier alpha value is -1.95. The molecule has 0 bridgehead atoms. The lowest BCUT2D eigenvalue weighted by molar-refractivity contribution is -0.120. The van der Waals surface area contributed by atoms with Gasteiger partial charge in [0.05, 0.1) is 18.1 Å². The Morgan fingerprint density at radius 1 is 1.47 bits per heavy atom. The highest BCUT2D eigenvalue weighted by atomic mass is 16.5. The van der Waals surface area contributed by atoms with Crippen molar-refractivity contribution in [1.82, 2.24) is 14.8 Å². The second kappa shape index (κ2) is 5.79. The number of aromatic nitrogens is 3. The van der Waals surface area contributed by atoms with Gasteiger partial charge in [-0.05, 0) is 26.8 Å². The van der Waals surface area contributed by atoms with Crippen molar-refractivity contribution in [3.05, 3.63) is 18.5 Å². The normalized spacial score (nSPS) is 11.2. The molecule has 2 aromatic rings. The van der Waals surface area contributed by atoms with Gasteiger partial charge in [0.15, 0.2) is 5.65 Å². The second-order valence-electron chi connectivity index (χ2n) is 4.51. The number of carbonyl (C=O) groups is 1. The van der Waals surface area contributed by atoms with Gasteiger partial charge in [0.1, 0.15) is 6.61 Å².